The second-order valence-electron chi connectivity index (χ2n) is 2.09. The van der Waals surface area contributed by atoms with E-state index >= 15 is 0 Å². The van der Waals surface area contributed by atoms with E-state index in [1.54, 1.807) is 0 Å². The van der Waals surface area contributed by atoms with Gasteiger partial charge in [-0.2, -0.15) is 0 Å². The van der Waals surface area contributed by atoms with Crippen molar-refractivity contribution >= 4 is 21.9 Å². The Hall–Kier alpha value is -1.17. The van der Waals surface area contributed by atoms with Crippen molar-refractivity contribution in [3.8, 4) is 11.8 Å². The molecule has 0 fully saturated rings. The number of rotatable bonds is 2. The van der Waals surface area contributed by atoms with Gasteiger partial charge < -0.3 is 15.3 Å². The summed E-state index contributed by atoms with van der Waals surface area (Å²) in [7, 11) is 0. The summed E-state index contributed by atoms with van der Waals surface area (Å²) in [6.45, 7) is 0. The van der Waals surface area contributed by atoms with Crippen LogP contribution in [0.2, 0.25) is 0 Å². The maximum absolute atomic E-state index is 10.4. The van der Waals surface area contributed by atoms with E-state index in [1.165, 1.54) is 12.1 Å². The Labute approximate surface area is 76.0 Å². The number of halogens is 1. The topological polar surface area (TPSA) is 82.7 Å². The van der Waals surface area contributed by atoms with Gasteiger partial charge in [-0.15, -0.1) is 0 Å². The monoisotopic (exact) mass is 235 g/mol. The first kappa shape index (κ1) is 8.92. The molecule has 1 aromatic rings. The smallest absolute Gasteiger partial charge is 0.338 e. The van der Waals surface area contributed by atoms with Crippen LogP contribution in [-0.4, -0.2) is 25.9 Å². The predicted molar refractivity (Wildman–Crippen MR) is 43.4 cm³/mol. The van der Waals surface area contributed by atoms with Crippen LogP contribution in [0.3, 0.4) is 0 Å². The lowest BCUT2D eigenvalue weighted by molar-refractivity contribution is -0.138. The molecule has 12 heavy (non-hydrogen) atoms. The molecule has 5 nitrogen and oxygen atoms in total. The van der Waals surface area contributed by atoms with E-state index in [0.717, 1.165) is 4.57 Å². The van der Waals surface area contributed by atoms with Gasteiger partial charge in [-0.3, -0.25) is 4.57 Å². The Balaban J connectivity index is 3.08. The third-order valence-electron chi connectivity index (χ3n) is 1.31. The Bertz CT molecular complexity index is 289. The molecule has 0 aliphatic rings. The largest absolute Gasteiger partial charge is 0.494 e. The Morgan fingerprint density at radius 3 is 2.17 bits per heavy atom. The summed E-state index contributed by atoms with van der Waals surface area (Å²) in [6.07, 6.45) is 0. The lowest BCUT2D eigenvalue weighted by Gasteiger charge is -2.08. The predicted octanol–water partition coefficient (Wildman–Crippen LogP) is 0.877. The molecule has 0 amide bonds. The summed E-state index contributed by atoms with van der Waals surface area (Å²) >= 11 is 2.77. The first-order valence-electron chi connectivity index (χ1n) is 3.00. The minimum Gasteiger partial charge on any atom is -0.494 e. The maximum Gasteiger partial charge on any atom is 0.338 e. The highest BCUT2D eigenvalue weighted by molar-refractivity contribution is 9.09. The zero-order valence-corrected chi connectivity index (χ0v) is 7.39. The molecule has 0 saturated heterocycles. The maximum atomic E-state index is 10.4. The molecular weight excluding hydrogens is 230 g/mol. The quantitative estimate of drug-likeness (QED) is 0.665. The first-order valence-corrected chi connectivity index (χ1v) is 3.91. The second-order valence-corrected chi connectivity index (χ2v) is 2.96. The van der Waals surface area contributed by atoms with E-state index in [2.05, 4.69) is 15.9 Å². The lowest BCUT2D eigenvalue weighted by Crippen LogP contribution is -2.11. The molecular formula is C6H6BrNO4. The molecule has 1 aromatic heterocycles. The standard InChI is InChI=1S/C6H6BrNO4/c7-5(6(11)12)8-3(9)1-2-4(8)10/h1-2,5,9-10H,(H,11,12). The van der Waals surface area contributed by atoms with Crippen molar-refractivity contribution in [1.29, 1.82) is 0 Å². The summed E-state index contributed by atoms with van der Waals surface area (Å²) in [5, 5.41) is 26.6. The lowest BCUT2D eigenvalue weighted by atomic mass is 10.6. The zero-order valence-electron chi connectivity index (χ0n) is 5.81. The molecule has 0 radical (unpaired) electrons. The van der Waals surface area contributed by atoms with E-state index in [1.807, 2.05) is 0 Å². The second kappa shape index (κ2) is 3.06. The van der Waals surface area contributed by atoms with Crippen molar-refractivity contribution in [3.05, 3.63) is 12.1 Å². The number of aromatic nitrogens is 1. The zero-order chi connectivity index (χ0) is 9.30. The molecule has 1 rings (SSSR count). The van der Waals surface area contributed by atoms with Crippen LogP contribution in [0.1, 0.15) is 4.95 Å². The average Bonchev–Trinajstić information content (AvgIpc) is 2.30. The highest BCUT2D eigenvalue weighted by Gasteiger charge is 2.20. The van der Waals surface area contributed by atoms with Crippen molar-refractivity contribution in [2.45, 2.75) is 4.95 Å². The van der Waals surface area contributed by atoms with E-state index in [4.69, 9.17) is 15.3 Å². The fourth-order valence-corrected chi connectivity index (χ4v) is 1.19. The van der Waals surface area contributed by atoms with Gasteiger partial charge in [-0.25, -0.2) is 4.79 Å². The molecule has 3 N–H and O–H groups in total. The Morgan fingerprint density at radius 1 is 1.42 bits per heavy atom. The van der Waals surface area contributed by atoms with Crippen molar-refractivity contribution in [3.63, 3.8) is 0 Å². The third-order valence-corrected chi connectivity index (χ3v) is 2.11. The molecule has 0 saturated carbocycles. The van der Waals surface area contributed by atoms with E-state index in [9.17, 15) is 4.79 Å². The highest BCUT2D eigenvalue weighted by Crippen LogP contribution is 2.29. The van der Waals surface area contributed by atoms with Gasteiger partial charge in [0, 0.05) is 12.1 Å². The van der Waals surface area contributed by atoms with Gasteiger partial charge >= 0.3 is 5.97 Å². The van der Waals surface area contributed by atoms with Crippen LogP contribution in [0.5, 0.6) is 11.8 Å². The van der Waals surface area contributed by atoms with Crippen molar-refractivity contribution in [1.82, 2.24) is 4.57 Å². The number of carboxylic acid groups (broad SMARTS) is 1. The van der Waals surface area contributed by atoms with Crippen molar-refractivity contribution in [2.75, 3.05) is 0 Å². The van der Waals surface area contributed by atoms with Crippen molar-refractivity contribution in [2.24, 2.45) is 0 Å². The fourth-order valence-electron chi connectivity index (χ4n) is 0.770. The number of hydrogen-bond acceptors (Lipinski definition) is 3. The highest BCUT2D eigenvalue weighted by atomic mass is 79.9. The fraction of sp³-hybridized carbons (Fsp3) is 0.167. The van der Waals surface area contributed by atoms with Gasteiger partial charge in [0.05, 0.1) is 0 Å². The van der Waals surface area contributed by atoms with E-state index in [-0.39, 0.29) is 11.8 Å². The van der Waals surface area contributed by atoms with Gasteiger partial charge in [0.1, 0.15) is 0 Å². The molecule has 0 spiro atoms. The number of carbonyl (C=O) groups is 1. The van der Waals surface area contributed by atoms with Gasteiger partial charge in [-0.05, 0) is 0 Å². The minimum atomic E-state index is -1.20. The summed E-state index contributed by atoms with van der Waals surface area (Å²) in [5.41, 5.74) is 0. The first-order chi connectivity index (χ1) is 5.54. The van der Waals surface area contributed by atoms with Crippen LogP contribution in [0.15, 0.2) is 12.1 Å². The number of nitrogens with zero attached hydrogens (tertiary/aromatic N) is 1. The molecule has 66 valence electrons. The number of aromatic hydroxyl groups is 2. The number of carboxylic acids is 1. The molecule has 0 aliphatic carbocycles. The molecule has 1 heterocycles. The van der Waals surface area contributed by atoms with Crippen LogP contribution in [-0.2, 0) is 4.79 Å². The van der Waals surface area contributed by atoms with Crippen LogP contribution >= 0.6 is 15.9 Å². The van der Waals surface area contributed by atoms with Crippen molar-refractivity contribution < 1.29 is 20.1 Å². The number of hydrogen-bond donors (Lipinski definition) is 3. The van der Waals surface area contributed by atoms with Gasteiger partial charge in [0.2, 0.25) is 0 Å². The summed E-state index contributed by atoms with van der Waals surface area (Å²) in [5.74, 6) is -1.81. The van der Waals surface area contributed by atoms with Crippen LogP contribution in [0.4, 0.5) is 0 Å². The normalized spacial score (nSPS) is 12.8. The molecule has 0 aromatic carbocycles. The summed E-state index contributed by atoms with van der Waals surface area (Å²) in [4.78, 5) is 9.25. The molecule has 1 atom stereocenters. The van der Waals surface area contributed by atoms with Gasteiger partial charge in [-0.1, -0.05) is 15.9 Å². The van der Waals surface area contributed by atoms with E-state index in [0.29, 0.717) is 0 Å². The van der Waals surface area contributed by atoms with E-state index < -0.39 is 10.9 Å². The van der Waals surface area contributed by atoms with Gasteiger partial charge in [0.25, 0.3) is 0 Å². The molecule has 0 aliphatic heterocycles. The van der Waals surface area contributed by atoms with Crippen LogP contribution < -0.4 is 0 Å². The van der Waals surface area contributed by atoms with Gasteiger partial charge in [0.15, 0.2) is 16.7 Å². The van der Waals surface area contributed by atoms with Crippen LogP contribution in [0.25, 0.3) is 0 Å². The molecule has 1 unspecified atom stereocenters. The molecule has 6 heteroatoms. The third kappa shape index (κ3) is 1.38. The Morgan fingerprint density at radius 2 is 1.83 bits per heavy atom. The number of aliphatic carboxylic acids is 1. The minimum absolute atomic E-state index is 0.309. The molecule has 0 bridgehead atoms. The SMILES string of the molecule is O=C(O)C(Br)n1c(O)ccc1O. The van der Waals surface area contributed by atoms with Crippen LogP contribution in [0, 0.1) is 0 Å². The average molecular weight is 236 g/mol. The Kier molecular flexibility index (Phi) is 2.27. The summed E-state index contributed by atoms with van der Waals surface area (Å²) < 4.78 is 0.836. The summed E-state index contributed by atoms with van der Waals surface area (Å²) in [6, 6.07) is 2.40. The number of alkyl halides is 1.